The van der Waals surface area contributed by atoms with Gasteiger partial charge in [0.25, 0.3) is 0 Å². The van der Waals surface area contributed by atoms with Gasteiger partial charge in [-0.15, -0.1) is 10.1 Å². The molecule has 0 saturated heterocycles. The predicted octanol–water partition coefficient (Wildman–Crippen LogP) is 1.01. The molecule has 0 aliphatic carbocycles. The van der Waals surface area contributed by atoms with E-state index in [4.69, 9.17) is 0 Å². The van der Waals surface area contributed by atoms with Crippen LogP contribution in [-0.2, 0) is 9.63 Å². The van der Waals surface area contributed by atoms with Gasteiger partial charge in [-0.1, -0.05) is 20.8 Å². The zero-order valence-electron chi connectivity index (χ0n) is 6.73. The van der Waals surface area contributed by atoms with Crippen LogP contribution >= 0.6 is 0 Å². The van der Waals surface area contributed by atoms with Gasteiger partial charge in [-0.25, -0.2) is 4.84 Å². The maximum atomic E-state index is 10.7. The van der Waals surface area contributed by atoms with Gasteiger partial charge in [-0.3, -0.25) is 4.79 Å². The van der Waals surface area contributed by atoms with Crippen LogP contribution in [0.25, 0.3) is 0 Å². The lowest BCUT2D eigenvalue weighted by Gasteiger charge is -2.10. The summed E-state index contributed by atoms with van der Waals surface area (Å²) >= 11 is 0. The molecule has 0 aliphatic rings. The average molecular weight is 161 g/mol. The van der Waals surface area contributed by atoms with Gasteiger partial charge in [-0.2, -0.15) is 0 Å². The van der Waals surface area contributed by atoms with Crippen LogP contribution in [0.4, 0.5) is 0 Å². The summed E-state index contributed by atoms with van der Waals surface area (Å²) in [5.74, 6) is -1.16. The van der Waals surface area contributed by atoms with Gasteiger partial charge < -0.3 is 0 Å². The van der Waals surface area contributed by atoms with E-state index in [1.165, 1.54) is 0 Å². The number of hydrogen-bond acceptors (Lipinski definition) is 4. The minimum absolute atomic E-state index is 0.0578. The quantitative estimate of drug-likeness (QED) is 0.457. The van der Waals surface area contributed by atoms with Crippen LogP contribution in [-0.4, -0.2) is 11.1 Å². The normalized spacial score (nSPS) is 12.7. The van der Waals surface area contributed by atoms with Crippen molar-refractivity contribution in [1.82, 2.24) is 0 Å². The number of carbonyl (C=O) groups is 1. The van der Waals surface area contributed by atoms with Crippen molar-refractivity contribution in [2.75, 3.05) is 0 Å². The number of rotatable bonds is 3. The molecule has 0 amide bonds. The third-order valence-corrected chi connectivity index (χ3v) is 1.54. The van der Waals surface area contributed by atoms with Gasteiger partial charge in [0.05, 0.1) is 0 Å². The lowest BCUT2D eigenvalue weighted by atomic mass is 9.99. The van der Waals surface area contributed by atoms with Crippen LogP contribution in [0.1, 0.15) is 20.8 Å². The second-order valence-electron chi connectivity index (χ2n) is 2.67. The topological polar surface area (TPSA) is 69.4 Å². The molecule has 1 atom stereocenters. The maximum Gasteiger partial charge on any atom is 0.306 e. The fourth-order valence-electron chi connectivity index (χ4n) is 0.429. The summed E-state index contributed by atoms with van der Waals surface area (Å²) in [4.78, 5) is 24.2. The molecule has 0 rings (SSSR count). The molecule has 0 fully saturated rings. The van der Waals surface area contributed by atoms with Crippen molar-refractivity contribution in [3.8, 4) is 0 Å². The molecule has 0 radical (unpaired) electrons. The molecule has 1 unspecified atom stereocenters. The van der Waals surface area contributed by atoms with Crippen LogP contribution < -0.4 is 0 Å². The average Bonchev–Trinajstić information content (AvgIpc) is 1.84. The molecule has 0 aromatic heterocycles. The monoisotopic (exact) mass is 161 g/mol. The lowest BCUT2D eigenvalue weighted by Crippen LogP contribution is -2.22. The largest absolute Gasteiger partial charge is 0.306 e. The third-order valence-electron chi connectivity index (χ3n) is 1.54. The van der Waals surface area contributed by atoms with Gasteiger partial charge in [0.1, 0.15) is 0 Å². The number of nitrogens with zero attached hydrogens (tertiary/aromatic N) is 1. The Hall–Kier alpha value is -1.13. The van der Waals surface area contributed by atoms with E-state index in [0.29, 0.717) is 0 Å². The first-order valence-electron chi connectivity index (χ1n) is 3.31. The van der Waals surface area contributed by atoms with Crippen molar-refractivity contribution in [2.24, 2.45) is 11.8 Å². The van der Waals surface area contributed by atoms with E-state index < -0.39 is 17.0 Å². The van der Waals surface area contributed by atoms with Crippen LogP contribution in [0.5, 0.6) is 0 Å². The molecule has 5 heteroatoms. The van der Waals surface area contributed by atoms with Crippen molar-refractivity contribution < 1.29 is 14.7 Å². The zero-order chi connectivity index (χ0) is 9.02. The summed E-state index contributed by atoms with van der Waals surface area (Å²) < 4.78 is 0. The SMILES string of the molecule is CC(C)C(C)C(=O)O[N+](=O)[O-]. The highest BCUT2D eigenvalue weighted by Crippen LogP contribution is 2.10. The van der Waals surface area contributed by atoms with Gasteiger partial charge in [0.15, 0.2) is 0 Å². The van der Waals surface area contributed by atoms with Crippen molar-refractivity contribution >= 4 is 5.97 Å². The summed E-state index contributed by atoms with van der Waals surface area (Å²) in [6.45, 7) is 5.19. The molecule has 0 heterocycles. The molecule has 0 bridgehead atoms. The summed E-state index contributed by atoms with van der Waals surface area (Å²) in [6.07, 6.45) is 0. The van der Waals surface area contributed by atoms with Crippen LogP contribution in [0.15, 0.2) is 0 Å². The van der Waals surface area contributed by atoms with E-state index in [2.05, 4.69) is 4.84 Å². The molecule has 64 valence electrons. The number of hydrogen-bond donors (Lipinski definition) is 0. The van der Waals surface area contributed by atoms with Crippen molar-refractivity contribution in [1.29, 1.82) is 0 Å². The molecular weight excluding hydrogens is 150 g/mol. The molecule has 0 aliphatic heterocycles. The molecule has 0 spiro atoms. The van der Waals surface area contributed by atoms with Crippen LogP contribution in [0, 0.1) is 22.0 Å². The van der Waals surface area contributed by atoms with Gasteiger partial charge in [-0.05, 0) is 5.92 Å². The number of carbonyl (C=O) groups excluding carboxylic acids is 1. The van der Waals surface area contributed by atoms with E-state index in [9.17, 15) is 14.9 Å². The fourth-order valence-corrected chi connectivity index (χ4v) is 0.429. The Labute approximate surface area is 64.4 Å². The van der Waals surface area contributed by atoms with Crippen LogP contribution in [0.3, 0.4) is 0 Å². The Kier molecular flexibility index (Phi) is 3.50. The van der Waals surface area contributed by atoms with Crippen molar-refractivity contribution in [3.63, 3.8) is 0 Å². The Morgan fingerprint density at radius 1 is 1.45 bits per heavy atom. The van der Waals surface area contributed by atoms with Crippen molar-refractivity contribution in [3.05, 3.63) is 10.1 Å². The fraction of sp³-hybridized carbons (Fsp3) is 0.833. The first-order chi connectivity index (χ1) is 4.95. The second kappa shape index (κ2) is 3.90. The highest BCUT2D eigenvalue weighted by Gasteiger charge is 2.19. The standard InChI is InChI=1S/C6H11NO4/c1-4(2)5(3)6(8)11-7(9)10/h4-5H,1-3H3. The third kappa shape index (κ3) is 3.54. The maximum absolute atomic E-state index is 10.7. The molecule has 0 N–H and O–H groups in total. The summed E-state index contributed by atoms with van der Waals surface area (Å²) in [5, 5.41) is 8.62. The first kappa shape index (κ1) is 9.87. The van der Waals surface area contributed by atoms with Crippen LogP contribution in [0.2, 0.25) is 0 Å². The smallest absolute Gasteiger partial charge is 0.268 e. The zero-order valence-corrected chi connectivity index (χ0v) is 6.73. The Morgan fingerprint density at radius 2 is 1.91 bits per heavy atom. The first-order valence-corrected chi connectivity index (χ1v) is 3.31. The summed E-state index contributed by atoms with van der Waals surface area (Å²) in [6, 6.07) is 0. The molecule has 0 saturated carbocycles. The molecule has 5 nitrogen and oxygen atoms in total. The van der Waals surface area contributed by atoms with Gasteiger partial charge >= 0.3 is 11.1 Å². The molecule has 0 aromatic rings. The van der Waals surface area contributed by atoms with E-state index in [1.807, 2.05) is 0 Å². The van der Waals surface area contributed by atoms with E-state index in [0.717, 1.165) is 0 Å². The lowest BCUT2D eigenvalue weighted by molar-refractivity contribution is -0.730. The van der Waals surface area contributed by atoms with E-state index >= 15 is 0 Å². The van der Waals surface area contributed by atoms with Gasteiger partial charge in [0.2, 0.25) is 0 Å². The molecular formula is C6H11NO4. The van der Waals surface area contributed by atoms with E-state index in [-0.39, 0.29) is 5.92 Å². The van der Waals surface area contributed by atoms with Crippen molar-refractivity contribution in [2.45, 2.75) is 20.8 Å². The summed E-state index contributed by atoms with van der Waals surface area (Å²) in [7, 11) is 0. The Balaban J connectivity index is 3.93. The Bertz CT molecular complexity index is 166. The molecule has 0 aromatic carbocycles. The minimum Gasteiger partial charge on any atom is -0.268 e. The summed E-state index contributed by atoms with van der Waals surface area (Å²) in [5.41, 5.74) is 0. The minimum atomic E-state index is -1.08. The Morgan fingerprint density at radius 3 is 2.18 bits per heavy atom. The molecule has 11 heavy (non-hydrogen) atoms. The highest BCUT2D eigenvalue weighted by atomic mass is 17.0. The van der Waals surface area contributed by atoms with E-state index in [1.54, 1.807) is 20.8 Å². The highest BCUT2D eigenvalue weighted by molar-refractivity contribution is 5.71. The van der Waals surface area contributed by atoms with Gasteiger partial charge in [0, 0.05) is 5.92 Å². The second-order valence-corrected chi connectivity index (χ2v) is 2.67. The predicted molar refractivity (Wildman–Crippen MR) is 37.1 cm³/mol.